The van der Waals surface area contributed by atoms with Crippen molar-refractivity contribution in [3.05, 3.63) is 52.4 Å². The number of pyridine rings is 1. The van der Waals surface area contributed by atoms with E-state index in [1.807, 2.05) is 0 Å². The van der Waals surface area contributed by atoms with Crippen molar-refractivity contribution in [1.29, 1.82) is 0 Å². The smallest absolute Gasteiger partial charge is 0.225 e. The molecule has 2 aromatic rings. The minimum Gasteiger partial charge on any atom is -0.437 e. The average Bonchev–Trinajstić information content (AvgIpc) is 2.33. The van der Waals surface area contributed by atoms with E-state index in [9.17, 15) is 9.50 Å². The summed E-state index contributed by atoms with van der Waals surface area (Å²) < 4.78 is 19.0. The van der Waals surface area contributed by atoms with Crippen LogP contribution in [0.15, 0.2) is 41.0 Å². The first-order chi connectivity index (χ1) is 8.58. The van der Waals surface area contributed by atoms with Crippen LogP contribution in [0, 0.1) is 5.82 Å². The largest absolute Gasteiger partial charge is 0.437 e. The highest BCUT2D eigenvalue weighted by atomic mass is 79.9. The molecule has 5 heteroatoms. The average molecular weight is 312 g/mol. The zero-order valence-corrected chi connectivity index (χ0v) is 11.2. The van der Waals surface area contributed by atoms with Gasteiger partial charge in [-0.2, -0.15) is 0 Å². The highest BCUT2D eigenvalue weighted by Crippen LogP contribution is 2.32. The molecule has 1 N–H and O–H groups in total. The third-order valence-corrected chi connectivity index (χ3v) is 2.97. The molecule has 1 aromatic heterocycles. The Morgan fingerprint density at radius 3 is 2.83 bits per heavy atom. The van der Waals surface area contributed by atoms with Crippen molar-refractivity contribution in [3.63, 3.8) is 0 Å². The molecule has 0 aliphatic rings. The Labute approximate surface area is 112 Å². The summed E-state index contributed by atoms with van der Waals surface area (Å²) >= 11 is 3.21. The van der Waals surface area contributed by atoms with Crippen LogP contribution >= 0.6 is 15.9 Å². The summed E-state index contributed by atoms with van der Waals surface area (Å²) in [6, 6.07) is 7.55. The Balaban J connectivity index is 2.34. The van der Waals surface area contributed by atoms with Crippen molar-refractivity contribution in [2.45, 2.75) is 13.0 Å². The van der Waals surface area contributed by atoms with Gasteiger partial charge < -0.3 is 9.84 Å². The fourth-order valence-electron chi connectivity index (χ4n) is 1.47. The van der Waals surface area contributed by atoms with Crippen LogP contribution < -0.4 is 4.74 Å². The van der Waals surface area contributed by atoms with Crippen LogP contribution in [-0.2, 0) is 0 Å². The molecule has 1 aromatic carbocycles. The molecule has 0 spiro atoms. The van der Waals surface area contributed by atoms with Gasteiger partial charge in [0.1, 0.15) is 11.6 Å². The van der Waals surface area contributed by atoms with Crippen molar-refractivity contribution in [2.24, 2.45) is 0 Å². The monoisotopic (exact) mass is 311 g/mol. The molecule has 3 nitrogen and oxygen atoms in total. The van der Waals surface area contributed by atoms with Crippen LogP contribution in [0.4, 0.5) is 4.39 Å². The van der Waals surface area contributed by atoms with Gasteiger partial charge in [0.05, 0.1) is 10.6 Å². The summed E-state index contributed by atoms with van der Waals surface area (Å²) in [7, 11) is 0. The molecular weight excluding hydrogens is 301 g/mol. The summed E-state index contributed by atoms with van der Waals surface area (Å²) in [5.74, 6) is 0.391. The Hall–Kier alpha value is -1.46. The Morgan fingerprint density at radius 1 is 1.39 bits per heavy atom. The number of ether oxygens (including phenoxy) is 1. The molecule has 0 bridgehead atoms. The lowest BCUT2D eigenvalue weighted by molar-refractivity contribution is 0.194. The van der Waals surface area contributed by atoms with E-state index >= 15 is 0 Å². The fourth-order valence-corrected chi connectivity index (χ4v) is 1.90. The van der Waals surface area contributed by atoms with E-state index in [0.717, 1.165) is 0 Å². The maximum atomic E-state index is 13.0. The Morgan fingerprint density at radius 2 is 2.17 bits per heavy atom. The maximum Gasteiger partial charge on any atom is 0.225 e. The van der Waals surface area contributed by atoms with Crippen molar-refractivity contribution >= 4 is 15.9 Å². The van der Waals surface area contributed by atoms with E-state index in [1.165, 1.54) is 18.2 Å². The summed E-state index contributed by atoms with van der Waals surface area (Å²) in [6.45, 7) is 1.63. The van der Waals surface area contributed by atoms with Gasteiger partial charge in [0, 0.05) is 11.8 Å². The van der Waals surface area contributed by atoms with Gasteiger partial charge in [0.15, 0.2) is 0 Å². The van der Waals surface area contributed by atoms with E-state index in [2.05, 4.69) is 20.9 Å². The lowest BCUT2D eigenvalue weighted by atomic mass is 10.2. The first kappa shape index (κ1) is 13.0. The molecule has 2 rings (SSSR count). The highest BCUT2D eigenvalue weighted by Gasteiger charge is 2.12. The second-order valence-electron chi connectivity index (χ2n) is 3.75. The van der Waals surface area contributed by atoms with Gasteiger partial charge in [0.25, 0.3) is 0 Å². The predicted molar refractivity (Wildman–Crippen MR) is 69.0 cm³/mol. The molecule has 1 heterocycles. The molecule has 0 radical (unpaired) electrons. The maximum absolute atomic E-state index is 13.0. The minimum absolute atomic E-state index is 0.305. The van der Waals surface area contributed by atoms with Gasteiger partial charge in [-0.1, -0.05) is 0 Å². The number of rotatable bonds is 3. The van der Waals surface area contributed by atoms with Crippen molar-refractivity contribution in [2.75, 3.05) is 0 Å². The van der Waals surface area contributed by atoms with Gasteiger partial charge in [-0.15, -0.1) is 0 Å². The summed E-state index contributed by atoms with van der Waals surface area (Å²) in [5.41, 5.74) is 0.578. The number of hydrogen-bond acceptors (Lipinski definition) is 3. The number of nitrogens with zero attached hydrogens (tertiary/aromatic N) is 1. The first-order valence-corrected chi connectivity index (χ1v) is 6.13. The van der Waals surface area contributed by atoms with Crippen LogP contribution in [0.2, 0.25) is 0 Å². The lowest BCUT2D eigenvalue weighted by Crippen LogP contribution is -1.98. The zero-order valence-electron chi connectivity index (χ0n) is 9.60. The van der Waals surface area contributed by atoms with Gasteiger partial charge in [-0.05, 0) is 53.2 Å². The number of hydrogen-bond donors (Lipinski definition) is 1. The molecule has 0 aliphatic carbocycles. The van der Waals surface area contributed by atoms with Gasteiger partial charge in [-0.3, -0.25) is 0 Å². The minimum atomic E-state index is -0.687. The number of aliphatic hydroxyl groups is 1. The van der Waals surface area contributed by atoms with Crippen LogP contribution in [0.5, 0.6) is 11.6 Å². The molecule has 94 valence electrons. The topological polar surface area (TPSA) is 42.4 Å². The number of benzene rings is 1. The molecule has 0 fully saturated rings. The standard InChI is InChI=1S/C13H11BrFNO2/c1-8(17)10-3-2-6-16-13(10)18-12-5-4-9(15)7-11(12)14/h2-8,17H,1H3/t8-/m0/s1. The molecule has 18 heavy (non-hydrogen) atoms. The van der Waals surface area contributed by atoms with Crippen LogP contribution in [0.3, 0.4) is 0 Å². The van der Waals surface area contributed by atoms with E-state index in [-0.39, 0.29) is 5.82 Å². The molecule has 1 atom stereocenters. The van der Waals surface area contributed by atoms with Crippen molar-refractivity contribution in [3.8, 4) is 11.6 Å². The predicted octanol–water partition coefficient (Wildman–Crippen LogP) is 3.83. The van der Waals surface area contributed by atoms with Gasteiger partial charge in [-0.25, -0.2) is 9.37 Å². The fraction of sp³-hybridized carbons (Fsp3) is 0.154. The number of aromatic nitrogens is 1. The third-order valence-electron chi connectivity index (χ3n) is 2.35. The third kappa shape index (κ3) is 2.86. The SMILES string of the molecule is C[C@H](O)c1cccnc1Oc1ccc(F)cc1Br. The molecule has 0 saturated carbocycles. The van der Waals surface area contributed by atoms with Crippen LogP contribution in [0.1, 0.15) is 18.6 Å². The highest BCUT2D eigenvalue weighted by molar-refractivity contribution is 9.10. The number of aliphatic hydroxyl groups excluding tert-OH is 1. The zero-order chi connectivity index (χ0) is 13.1. The normalized spacial score (nSPS) is 12.2. The summed E-state index contributed by atoms with van der Waals surface area (Å²) in [6.07, 6.45) is 0.881. The van der Waals surface area contributed by atoms with E-state index < -0.39 is 6.10 Å². The van der Waals surface area contributed by atoms with Crippen LogP contribution in [-0.4, -0.2) is 10.1 Å². The van der Waals surface area contributed by atoms with E-state index in [1.54, 1.807) is 25.3 Å². The van der Waals surface area contributed by atoms with Crippen molar-refractivity contribution < 1.29 is 14.2 Å². The first-order valence-electron chi connectivity index (χ1n) is 5.34. The summed E-state index contributed by atoms with van der Waals surface area (Å²) in [5, 5.41) is 9.60. The second-order valence-corrected chi connectivity index (χ2v) is 4.60. The van der Waals surface area contributed by atoms with E-state index in [4.69, 9.17) is 4.74 Å². The lowest BCUT2D eigenvalue weighted by Gasteiger charge is -2.12. The van der Waals surface area contributed by atoms with Crippen molar-refractivity contribution in [1.82, 2.24) is 4.98 Å². The molecule has 0 unspecified atom stereocenters. The quantitative estimate of drug-likeness (QED) is 0.936. The Bertz CT molecular complexity index is 560. The van der Waals surface area contributed by atoms with Gasteiger partial charge in [0.2, 0.25) is 5.88 Å². The van der Waals surface area contributed by atoms with E-state index in [0.29, 0.717) is 21.7 Å². The molecular formula is C13H11BrFNO2. The molecule has 0 amide bonds. The molecule has 0 aliphatic heterocycles. The number of halogens is 2. The second kappa shape index (κ2) is 5.46. The van der Waals surface area contributed by atoms with Crippen LogP contribution in [0.25, 0.3) is 0 Å². The Kier molecular flexibility index (Phi) is 3.93. The summed E-state index contributed by atoms with van der Waals surface area (Å²) in [4.78, 5) is 4.06. The van der Waals surface area contributed by atoms with Gasteiger partial charge >= 0.3 is 0 Å². The molecule has 0 saturated heterocycles.